The predicted molar refractivity (Wildman–Crippen MR) is 168 cm³/mol. The molecule has 3 aromatic carbocycles. The van der Waals surface area contributed by atoms with Gasteiger partial charge in [0.05, 0.1) is 23.2 Å². The normalized spacial score (nSPS) is 15.2. The fourth-order valence-corrected chi connectivity index (χ4v) is 6.03. The third kappa shape index (κ3) is 7.36. The number of rotatable bonds is 8. The molecule has 0 aliphatic carbocycles. The van der Waals surface area contributed by atoms with Gasteiger partial charge in [-0.15, -0.1) is 18.3 Å². The first kappa shape index (κ1) is 31.8. The molecular formula is C32H31F3N6O3S. The van der Waals surface area contributed by atoms with Crippen LogP contribution in [0.1, 0.15) is 55.8 Å². The van der Waals surface area contributed by atoms with Crippen LogP contribution >= 0.6 is 11.8 Å². The van der Waals surface area contributed by atoms with Crippen molar-refractivity contribution < 1.29 is 27.5 Å². The molecule has 0 bridgehead atoms. The lowest BCUT2D eigenvalue weighted by Crippen LogP contribution is -2.33. The average Bonchev–Trinajstić information content (AvgIpc) is 3.62. The van der Waals surface area contributed by atoms with Crippen molar-refractivity contribution in [2.75, 3.05) is 10.7 Å². The second-order valence-electron chi connectivity index (χ2n) is 10.7. The van der Waals surface area contributed by atoms with Crippen LogP contribution in [0.4, 0.5) is 23.7 Å². The Morgan fingerprint density at radius 1 is 1.09 bits per heavy atom. The van der Waals surface area contributed by atoms with Gasteiger partial charge in [0.15, 0.2) is 11.0 Å². The van der Waals surface area contributed by atoms with Crippen LogP contribution in [-0.2, 0) is 4.79 Å². The second kappa shape index (κ2) is 13.1. The highest BCUT2D eigenvalue weighted by molar-refractivity contribution is 8.15. The van der Waals surface area contributed by atoms with Crippen molar-refractivity contribution in [1.82, 2.24) is 20.1 Å². The molecule has 1 aliphatic heterocycles. The number of aryl methyl sites for hydroxylation is 1. The second-order valence-corrected chi connectivity index (χ2v) is 11.6. The largest absolute Gasteiger partial charge is 0.573 e. The number of amides is 3. The van der Waals surface area contributed by atoms with Gasteiger partial charge in [0.1, 0.15) is 12.1 Å². The number of urea groups is 1. The molecule has 3 amide bonds. The summed E-state index contributed by atoms with van der Waals surface area (Å²) in [6.45, 7) is 8.09. The van der Waals surface area contributed by atoms with E-state index in [2.05, 4.69) is 39.0 Å². The first-order valence-corrected chi connectivity index (χ1v) is 15.2. The number of aromatic nitrogens is 3. The number of thioether (sulfide) groups is 1. The lowest BCUT2D eigenvalue weighted by molar-refractivity contribution is -0.274. The highest BCUT2D eigenvalue weighted by Crippen LogP contribution is 2.35. The van der Waals surface area contributed by atoms with Crippen LogP contribution in [0, 0.1) is 6.92 Å². The number of nitrogens with zero attached hydrogens (tertiary/aromatic N) is 5. The minimum absolute atomic E-state index is 0.120. The Morgan fingerprint density at radius 2 is 1.80 bits per heavy atom. The van der Waals surface area contributed by atoms with Crippen molar-refractivity contribution >= 4 is 34.6 Å². The molecule has 234 valence electrons. The fraction of sp³-hybridized carbons (Fsp3) is 0.281. The summed E-state index contributed by atoms with van der Waals surface area (Å²) in [4.78, 5) is 36.1. The number of alkyl halides is 3. The molecule has 0 saturated carbocycles. The Hall–Kier alpha value is -4.65. The molecule has 1 saturated heterocycles. The maximum atomic E-state index is 13.1. The number of hydrogen-bond acceptors (Lipinski definition) is 6. The number of amidine groups is 1. The van der Waals surface area contributed by atoms with Crippen LogP contribution in [0.25, 0.3) is 17.1 Å². The quantitative estimate of drug-likeness (QED) is 0.214. The molecule has 1 aromatic heterocycles. The summed E-state index contributed by atoms with van der Waals surface area (Å²) >= 11 is 1.24. The number of hydrogen-bond donors (Lipinski definition) is 1. The number of nitrogens with one attached hydrogen (secondary N) is 1. The molecular weight excluding hydrogens is 605 g/mol. The predicted octanol–water partition coefficient (Wildman–Crippen LogP) is 7.56. The minimum atomic E-state index is -4.77. The Bertz CT molecular complexity index is 1720. The van der Waals surface area contributed by atoms with E-state index in [1.165, 1.54) is 47.0 Å². The third-order valence-corrected chi connectivity index (χ3v) is 8.11. The van der Waals surface area contributed by atoms with Crippen molar-refractivity contribution in [1.29, 1.82) is 0 Å². The first-order chi connectivity index (χ1) is 21.4. The number of anilines is 1. The lowest BCUT2D eigenvalue weighted by atomic mass is 9.95. The Balaban J connectivity index is 1.28. The number of aliphatic imine (C=N–C) groups is 1. The van der Waals surface area contributed by atoms with Crippen molar-refractivity contribution in [2.45, 2.75) is 52.4 Å². The maximum absolute atomic E-state index is 13.1. The molecule has 13 heteroatoms. The Morgan fingerprint density at radius 3 is 2.44 bits per heavy atom. The van der Waals surface area contributed by atoms with E-state index in [1.807, 2.05) is 56.3 Å². The van der Waals surface area contributed by atoms with Gasteiger partial charge in [-0.25, -0.2) is 14.5 Å². The van der Waals surface area contributed by atoms with Crippen molar-refractivity contribution in [3.63, 3.8) is 0 Å². The van der Waals surface area contributed by atoms with E-state index in [-0.39, 0.29) is 29.4 Å². The molecule has 1 fully saturated rings. The molecule has 9 nitrogen and oxygen atoms in total. The summed E-state index contributed by atoms with van der Waals surface area (Å²) in [5.74, 6) is 0.355. The van der Waals surface area contributed by atoms with Crippen LogP contribution < -0.4 is 15.0 Å². The van der Waals surface area contributed by atoms with Gasteiger partial charge in [-0.2, -0.15) is 4.99 Å². The van der Waals surface area contributed by atoms with E-state index < -0.39 is 12.4 Å². The lowest BCUT2D eigenvalue weighted by Gasteiger charge is -2.23. The molecule has 1 N–H and O–H groups in total. The maximum Gasteiger partial charge on any atom is 0.573 e. The molecule has 0 spiro atoms. The standard InChI is InChI=1S/C32H31F3N6O3S/c1-5-25(37-30(43)38-31-41(27(42)17-45-31)26-8-6-7-20(4)28(26)19(2)3)21-9-11-22(12-10-21)29-36-18-40(39-29)23-13-15-24(16-14-23)44-32(33,34)35/h6-16,18-19,25H,5,17H2,1-4H3,(H,37,43). The summed E-state index contributed by atoms with van der Waals surface area (Å²) in [6.07, 6.45) is -2.70. The van der Waals surface area contributed by atoms with E-state index in [0.29, 0.717) is 28.7 Å². The summed E-state index contributed by atoms with van der Waals surface area (Å²) in [5, 5.41) is 7.74. The third-order valence-electron chi connectivity index (χ3n) is 7.19. The average molecular weight is 637 g/mol. The minimum Gasteiger partial charge on any atom is -0.406 e. The van der Waals surface area contributed by atoms with Gasteiger partial charge in [-0.1, -0.05) is 68.9 Å². The van der Waals surface area contributed by atoms with E-state index in [0.717, 1.165) is 22.4 Å². The zero-order valence-corrected chi connectivity index (χ0v) is 25.8. The number of benzene rings is 3. The van der Waals surface area contributed by atoms with Crippen molar-refractivity contribution in [2.24, 2.45) is 4.99 Å². The molecule has 45 heavy (non-hydrogen) atoms. The van der Waals surface area contributed by atoms with Crippen LogP contribution in [0.5, 0.6) is 5.75 Å². The van der Waals surface area contributed by atoms with Gasteiger partial charge in [0.25, 0.3) is 0 Å². The number of halogens is 3. The number of ether oxygens (including phenoxy) is 1. The zero-order valence-electron chi connectivity index (χ0n) is 25.0. The smallest absolute Gasteiger partial charge is 0.406 e. The topological polar surface area (TPSA) is 102 Å². The van der Waals surface area contributed by atoms with E-state index >= 15 is 0 Å². The van der Waals surface area contributed by atoms with Gasteiger partial charge >= 0.3 is 12.4 Å². The van der Waals surface area contributed by atoms with Gasteiger partial charge in [0, 0.05) is 5.56 Å². The van der Waals surface area contributed by atoms with E-state index in [9.17, 15) is 22.8 Å². The van der Waals surface area contributed by atoms with Gasteiger partial charge in [-0.05, 0) is 66.3 Å². The molecule has 2 heterocycles. The van der Waals surface area contributed by atoms with Gasteiger partial charge < -0.3 is 10.1 Å². The molecule has 1 aliphatic rings. The highest BCUT2D eigenvalue weighted by Gasteiger charge is 2.33. The Kier molecular flexibility index (Phi) is 9.28. The molecule has 5 rings (SSSR count). The van der Waals surface area contributed by atoms with Crippen LogP contribution in [-0.4, -0.2) is 44.0 Å². The summed E-state index contributed by atoms with van der Waals surface area (Å²) in [5.41, 5.74) is 4.94. The molecule has 1 unspecified atom stereocenters. The highest BCUT2D eigenvalue weighted by atomic mass is 32.2. The zero-order chi connectivity index (χ0) is 32.3. The number of carbonyl (C=O) groups excluding carboxylic acids is 2. The van der Waals surface area contributed by atoms with Crippen molar-refractivity contribution in [3.05, 3.63) is 89.7 Å². The summed E-state index contributed by atoms with van der Waals surface area (Å²) < 4.78 is 42.7. The summed E-state index contributed by atoms with van der Waals surface area (Å²) in [7, 11) is 0. The van der Waals surface area contributed by atoms with E-state index in [4.69, 9.17) is 0 Å². The monoisotopic (exact) mass is 636 g/mol. The van der Waals surface area contributed by atoms with Crippen LogP contribution in [0.2, 0.25) is 0 Å². The Labute approximate surface area is 262 Å². The van der Waals surface area contributed by atoms with Crippen LogP contribution in [0.15, 0.2) is 78.0 Å². The van der Waals surface area contributed by atoms with Gasteiger partial charge in [0.2, 0.25) is 5.91 Å². The summed E-state index contributed by atoms with van der Waals surface area (Å²) in [6, 6.07) is 17.6. The molecule has 4 aromatic rings. The SMILES string of the molecule is CCC(NC(=O)N=C1SCC(=O)N1c1cccc(C)c1C(C)C)c1ccc(-c2ncn(-c3ccc(OC(F)(F)F)cc3)n2)cc1. The fourth-order valence-electron chi connectivity index (χ4n) is 5.17. The first-order valence-electron chi connectivity index (χ1n) is 14.3. The molecule has 0 radical (unpaired) electrons. The van der Waals surface area contributed by atoms with Crippen LogP contribution in [0.3, 0.4) is 0 Å². The van der Waals surface area contributed by atoms with Gasteiger partial charge in [-0.3, -0.25) is 9.69 Å². The number of carbonyl (C=O) groups is 2. The molecule has 1 atom stereocenters. The van der Waals surface area contributed by atoms with Crippen molar-refractivity contribution in [3.8, 4) is 22.8 Å². The van der Waals surface area contributed by atoms with E-state index in [1.54, 1.807) is 4.90 Å².